The lowest BCUT2D eigenvalue weighted by atomic mass is 10.2. The highest BCUT2D eigenvalue weighted by Crippen LogP contribution is 2.34. The Balaban J connectivity index is 1.45. The number of furan rings is 1. The van der Waals surface area contributed by atoms with Crippen LogP contribution in [-0.4, -0.2) is 36.7 Å². The van der Waals surface area contributed by atoms with Crippen molar-refractivity contribution in [1.29, 1.82) is 0 Å². The number of aromatic nitrogens is 1. The fourth-order valence-corrected chi connectivity index (χ4v) is 6.94. The van der Waals surface area contributed by atoms with Gasteiger partial charge in [-0.05, 0) is 61.4 Å². The number of carbonyl (C=O) groups excluding carboxylic acids is 1. The van der Waals surface area contributed by atoms with Crippen molar-refractivity contribution in [2.24, 2.45) is 0 Å². The lowest BCUT2D eigenvalue weighted by Gasteiger charge is -2.21. The van der Waals surface area contributed by atoms with Crippen molar-refractivity contribution in [3.63, 3.8) is 0 Å². The molecule has 4 aromatic rings. The van der Waals surface area contributed by atoms with Crippen LogP contribution in [-0.2, 0) is 16.6 Å². The number of benzene rings is 2. The summed E-state index contributed by atoms with van der Waals surface area (Å²) in [6.45, 7) is 1.23. The number of halogens is 1. The highest BCUT2D eigenvalue weighted by molar-refractivity contribution is 7.89. The molecule has 1 fully saturated rings. The molecule has 1 aliphatic rings. The number of anilines is 1. The Bertz CT molecular complexity index is 1430. The van der Waals surface area contributed by atoms with Gasteiger partial charge in [0.2, 0.25) is 10.0 Å². The first-order chi connectivity index (χ1) is 16.9. The van der Waals surface area contributed by atoms with E-state index in [-0.39, 0.29) is 17.3 Å². The Labute approximate surface area is 213 Å². The predicted octanol–water partition coefficient (Wildman–Crippen LogP) is 5.95. The van der Waals surface area contributed by atoms with Crippen molar-refractivity contribution < 1.29 is 17.6 Å². The standard InChI is InChI=1S/C25H24ClN3O4S2/c26-21-8-5-9-22-23(21)27-25(34-22)29(17-19-7-6-16-33-19)24(30)18-10-12-20(13-11-18)35(31,32)28-14-3-1-2-4-15-28/h5-13,16H,1-4,14-15,17H2. The number of para-hydroxylation sites is 1. The molecule has 35 heavy (non-hydrogen) atoms. The molecule has 3 heterocycles. The molecule has 5 rings (SSSR count). The molecule has 0 bridgehead atoms. The smallest absolute Gasteiger partial charge is 0.260 e. The van der Waals surface area contributed by atoms with Gasteiger partial charge < -0.3 is 4.42 Å². The maximum absolute atomic E-state index is 13.6. The number of sulfonamides is 1. The first kappa shape index (κ1) is 24.0. The molecule has 0 atom stereocenters. The van der Waals surface area contributed by atoms with E-state index in [9.17, 15) is 13.2 Å². The Kier molecular flexibility index (Phi) is 6.93. The first-order valence-electron chi connectivity index (χ1n) is 11.4. The summed E-state index contributed by atoms with van der Waals surface area (Å²) < 4.78 is 34.1. The normalized spacial score (nSPS) is 15.2. The lowest BCUT2D eigenvalue weighted by molar-refractivity contribution is 0.0983. The van der Waals surface area contributed by atoms with E-state index >= 15 is 0 Å². The minimum absolute atomic E-state index is 0.178. The van der Waals surface area contributed by atoms with Crippen LogP contribution in [0.3, 0.4) is 0 Å². The van der Waals surface area contributed by atoms with Gasteiger partial charge in [-0.1, -0.05) is 41.8 Å². The van der Waals surface area contributed by atoms with Crippen LogP contribution in [0.1, 0.15) is 41.8 Å². The van der Waals surface area contributed by atoms with Crippen molar-refractivity contribution in [1.82, 2.24) is 9.29 Å². The van der Waals surface area contributed by atoms with Gasteiger partial charge in [0, 0.05) is 18.7 Å². The van der Waals surface area contributed by atoms with Crippen LogP contribution in [0.25, 0.3) is 10.2 Å². The van der Waals surface area contributed by atoms with E-state index < -0.39 is 10.0 Å². The van der Waals surface area contributed by atoms with Crippen LogP contribution in [0.2, 0.25) is 5.02 Å². The van der Waals surface area contributed by atoms with E-state index in [1.807, 2.05) is 12.1 Å². The molecule has 2 aromatic carbocycles. The van der Waals surface area contributed by atoms with Crippen LogP contribution in [0.15, 0.2) is 70.2 Å². The van der Waals surface area contributed by atoms with Crippen molar-refractivity contribution in [2.45, 2.75) is 37.1 Å². The monoisotopic (exact) mass is 529 g/mol. The molecule has 1 saturated heterocycles. The van der Waals surface area contributed by atoms with Crippen LogP contribution in [0, 0.1) is 0 Å². The molecular formula is C25H24ClN3O4S2. The molecular weight excluding hydrogens is 506 g/mol. The fourth-order valence-electron chi connectivity index (χ4n) is 4.16. The second-order valence-corrected chi connectivity index (χ2v) is 11.8. The molecule has 0 aliphatic carbocycles. The van der Waals surface area contributed by atoms with E-state index in [1.54, 1.807) is 40.9 Å². The minimum Gasteiger partial charge on any atom is -0.467 e. The highest BCUT2D eigenvalue weighted by Gasteiger charge is 2.27. The van der Waals surface area contributed by atoms with E-state index in [0.29, 0.717) is 40.1 Å². The second kappa shape index (κ2) is 10.1. The van der Waals surface area contributed by atoms with Crippen molar-refractivity contribution in [3.05, 3.63) is 77.2 Å². The molecule has 0 N–H and O–H groups in total. The number of carbonyl (C=O) groups is 1. The van der Waals surface area contributed by atoms with Crippen LogP contribution in [0.4, 0.5) is 5.13 Å². The van der Waals surface area contributed by atoms with E-state index in [2.05, 4.69) is 4.98 Å². The zero-order valence-corrected chi connectivity index (χ0v) is 21.3. The van der Waals surface area contributed by atoms with Gasteiger partial charge >= 0.3 is 0 Å². The Morgan fingerprint density at radius 3 is 2.43 bits per heavy atom. The van der Waals surface area contributed by atoms with Crippen LogP contribution < -0.4 is 4.90 Å². The predicted molar refractivity (Wildman–Crippen MR) is 138 cm³/mol. The molecule has 7 nitrogen and oxygen atoms in total. The summed E-state index contributed by atoms with van der Waals surface area (Å²) in [7, 11) is -3.59. The van der Waals surface area contributed by atoms with E-state index in [0.717, 1.165) is 30.4 Å². The number of amides is 1. The third-order valence-corrected chi connectivity index (χ3v) is 9.29. The largest absolute Gasteiger partial charge is 0.467 e. The Morgan fingerprint density at radius 1 is 1.03 bits per heavy atom. The van der Waals surface area contributed by atoms with E-state index in [1.165, 1.54) is 28.4 Å². The van der Waals surface area contributed by atoms with Crippen LogP contribution >= 0.6 is 22.9 Å². The van der Waals surface area contributed by atoms with Gasteiger partial charge in [0.05, 0.1) is 27.4 Å². The summed E-state index contributed by atoms with van der Waals surface area (Å²) in [6.07, 6.45) is 5.37. The maximum atomic E-state index is 13.6. The zero-order chi connectivity index (χ0) is 24.4. The van der Waals surface area contributed by atoms with Crippen molar-refractivity contribution in [3.8, 4) is 0 Å². The van der Waals surface area contributed by atoms with Gasteiger partial charge in [0.1, 0.15) is 11.3 Å². The summed E-state index contributed by atoms with van der Waals surface area (Å²) in [4.78, 5) is 19.9. The van der Waals surface area contributed by atoms with Crippen LogP contribution in [0.5, 0.6) is 0 Å². The Hall–Kier alpha value is -2.72. The Morgan fingerprint density at radius 2 is 1.77 bits per heavy atom. The topological polar surface area (TPSA) is 83.7 Å². The second-order valence-electron chi connectivity index (χ2n) is 8.40. The molecule has 1 amide bonds. The van der Waals surface area contributed by atoms with Gasteiger partial charge in [0.25, 0.3) is 5.91 Å². The van der Waals surface area contributed by atoms with Crippen molar-refractivity contribution in [2.75, 3.05) is 18.0 Å². The summed E-state index contributed by atoms with van der Waals surface area (Å²) >= 11 is 7.67. The molecule has 2 aromatic heterocycles. The van der Waals surface area contributed by atoms with Gasteiger partial charge in [0.15, 0.2) is 5.13 Å². The summed E-state index contributed by atoms with van der Waals surface area (Å²) in [6, 6.07) is 15.2. The third-order valence-electron chi connectivity index (χ3n) is 6.03. The summed E-state index contributed by atoms with van der Waals surface area (Å²) in [5, 5.41) is 0.995. The minimum atomic E-state index is -3.59. The van der Waals surface area contributed by atoms with E-state index in [4.69, 9.17) is 16.0 Å². The highest BCUT2D eigenvalue weighted by atomic mass is 35.5. The number of hydrogen-bond donors (Lipinski definition) is 0. The number of thiazole rings is 1. The molecule has 0 spiro atoms. The van der Waals surface area contributed by atoms with Gasteiger partial charge in [-0.25, -0.2) is 13.4 Å². The summed E-state index contributed by atoms with van der Waals surface area (Å²) in [5.74, 6) is 0.291. The number of rotatable bonds is 6. The number of fused-ring (bicyclic) bond motifs is 1. The molecule has 0 saturated carbocycles. The SMILES string of the molecule is O=C(c1ccc(S(=O)(=O)N2CCCCCC2)cc1)N(Cc1ccco1)c1nc2c(Cl)cccc2s1. The van der Waals surface area contributed by atoms with Crippen molar-refractivity contribution >= 4 is 54.2 Å². The lowest BCUT2D eigenvalue weighted by Crippen LogP contribution is -2.32. The molecule has 182 valence electrons. The third kappa shape index (κ3) is 4.99. The van der Waals surface area contributed by atoms with Gasteiger partial charge in [-0.3, -0.25) is 9.69 Å². The molecule has 10 heteroatoms. The number of hydrogen-bond acceptors (Lipinski definition) is 6. The maximum Gasteiger partial charge on any atom is 0.260 e. The van der Waals surface area contributed by atoms with Gasteiger partial charge in [-0.15, -0.1) is 0 Å². The average molecular weight is 530 g/mol. The van der Waals surface area contributed by atoms with Gasteiger partial charge in [-0.2, -0.15) is 4.31 Å². The summed E-state index contributed by atoms with van der Waals surface area (Å²) in [5.41, 5.74) is 0.988. The molecule has 1 aliphatic heterocycles. The zero-order valence-electron chi connectivity index (χ0n) is 18.9. The average Bonchev–Trinajstić information content (AvgIpc) is 3.45. The fraction of sp³-hybridized carbons (Fsp3) is 0.280. The molecule has 0 radical (unpaired) electrons. The number of nitrogens with zero attached hydrogens (tertiary/aromatic N) is 3. The quantitative estimate of drug-likeness (QED) is 0.308. The molecule has 0 unspecified atom stereocenters. The first-order valence-corrected chi connectivity index (χ1v) is 14.1.